The molecule has 0 aliphatic carbocycles. The minimum absolute atomic E-state index is 0.582. The maximum Gasteiger partial charge on any atom is 0.170 e. The van der Waals surface area contributed by atoms with Crippen molar-refractivity contribution in [3.63, 3.8) is 0 Å². The molecule has 0 fully saturated rings. The molecule has 0 amide bonds. The van der Waals surface area contributed by atoms with Crippen molar-refractivity contribution < 1.29 is 9.47 Å². The predicted octanol–water partition coefficient (Wildman–Crippen LogP) is 7.04. The zero-order chi connectivity index (χ0) is 25.2. The van der Waals surface area contributed by atoms with E-state index in [0.29, 0.717) is 11.7 Å². The lowest BCUT2D eigenvalue weighted by atomic mass is 9.88. The molecule has 0 aliphatic rings. The molecule has 4 rings (SSSR count). The summed E-state index contributed by atoms with van der Waals surface area (Å²) in [4.78, 5) is 0. The smallest absolute Gasteiger partial charge is 0.170 e. The molecule has 0 atom stereocenters. The Labute approximate surface area is 218 Å². The molecule has 4 aromatic rings. The zero-order valence-electron chi connectivity index (χ0n) is 20.5. The Morgan fingerprint density at radius 3 is 1.69 bits per heavy atom. The molecule has 182 valence electrons. The van der Waals surface area contributed by atoms with Crippen molar-refractivity contribution in [2.24, 2.45) is 0 Å². The molecule has 0 spiro atoms. The lowest BCUT2D eigenvalue weighted by molar-refractivity contribution is 0.414. The zero-order valence-corrected chi connectivity index (χ0v) is 21.3. The second-order valence-electron chi connectivity index (χ2n) is 8.17. The number of hydrogen-bond donors (Lipinski definition) is 2. The van der Waals surface area contributed by atoms with Crippen LogP contribution in [0.15, 0.2) is 109 Å². The van der Waals surface area contributed by atoms with E-state index in [4.69, 9.17) is 21.7 Å². The summed E-state index contributed by atoms with van der Waals surface area (Å²) in [7, 11) is 3.34. The van der Waals surface area contributed by atoms with Crippen molar-refractivity contribution in [3.8, 4) is 11.5 Å². The number of benzene rings is 4. The average Bonchev–Trinajstić information content (AvgIpc) is 2.94. The summed E-state index contributed by atoms with van der Waals surface area (Å²) in [5.74, 6) is 1.65. The Morgan fingerprint density at radius 2 is 1.14 bits per heavy atom. The molecule has 0 radical (unpaired) electrons. The van der Waals surface area contributed by atoms with Gasteiger partial charge >= 0.3 is 0 Å². The van der Waals surface area contributed by atoms with Crippen LogP contribution in [0.2, 0.25) is 0 Å². The molecular weight excluding hydrogens is 464 g/mol. The van der Waals surface area contributed by atoms with Crippen LogP contribution in [0.3, 0.4) is 0 Å². The Balaban J connectivity index is 1.62. The van der Waals surface area contributed by atoms with E-state index in [9.17, 15) is 0 Å². The van der Waals surface area contributed by atoms with E-state index < -0.39 is 0 Å². The number of thiocarbonyl (C=S) groups is 1. The molecule has 4 aromatic carbocycles. The minimum Gasteiger partial charge on any atom is -0.497 e. The van der Waals surface area contributed by atoms with Gasteiger partial charge in [-0.1, -0.05) is 72.8 Å². The number of ether oxygens (including phenoxy) is 2. The minimum atomic E-state index is 0.582. The van der Waals surface area contributed by atoms with E-state index in [0.717, 1.165) is 29.2 Å². The SMILES string of the molecule is COc1ccc(NC(=S)NCC/C(=C(\c2ccccc2)c2ccc(OC)cc2)c2ccccc2)cc1. The third kappa shape index (κ3) is 6.52. The van der Waals surface area contributed by atoms with Crippen LogP contribution in [0.1, 0.15) is 23.1 Å². The fourth-order valence-corrected chi connectivity index (χ4v) is 4.30. The first-order valence-electron chi connectivity index (χ1n) is 11.9. The summed E-state index contributed by atoms with van der Waals surface area (Å²) < 4.78 is 10.6. The van der Waals surface area contributed by atoms with E-state index in [1.807, 2.05) is 48.5 Å². The first kappa shape index (κ1) is 25.0. The number of anilines is 1. The highest BCUT2D eigenvalue weighted by Gasteiger charge is 2.14. The van der Waals surface area contributed by atoms with Crippen LogP contribution in [0.5, 0.6) is 11.5 Å². The second-order valence-corrected chi connectivity index (χ2v) is 8.58. The second kappa shape index (κ2) is 12.6. The van der Waals surface area contributed by atoms with Crippen molar-refractivity contribution in [2.75, 3.05) is 26.1 Å². The number of hydrogen-bond acceptors (Lipinski definition) is 3. The lowest BCUT2D eigenvalue weighted by Crippen LogP contribution is -2.29. The fourth-order valence-electron chi connectivity index (χ4n) is 4.08. The molecule has 0 aliphatic heterocycles. The summed E-state index contributed by atoms with van der Waals surface area (Å²) in [6.07, 6.45) is 0.782. The van der Waals surface area contributed by atoms with Gasteiger partial charge in [-0.25, -0.2) is 0 Å². The van der Waals surface area contributed by atoms with Gasteiger partial charge in [-0.3, -0.25) is 0 Å². The number of rotatable bonds is 9. The van der Waals surface area contributed by atoms with Crippen molar-refractivity contribution in [1.82, 2.24) is 5.32 Å². The molecule has 36 heavy (non-hydrogen) atoms. The molecule has 4 nitrogen and oxygen atoms in total. The van der Waals surface area contributed by atoms with E-state index in [1.165, 1.54) is 22.3 Å². The molecule has 0 aromatic heterocycles. The molecule has 0 bridgehead atoms. The average molecular weight is 495 g/mol. The quantitative estimate of drug-likeness (QED) is 0.193. The van der Waals surface area contributed by atoms with Crippen LogP contribution >= 0.6 is 12.2 Å². The van der Waals surface area contributed by atoms with Crippen molar-refractivity contribution in [1.29, 1.82) is 0 Å². The summed E-state index contributed by atoms with van der Waals surface area (Å²) >= 11 is 5.56. The van der Waals surface area contributed by atoms with Gasteiger partial charge in [0, 0.05) is 12.2 Å². The Hall–Kier alpha value is -4.09. The van der Waals surface area contributed by atoms with Crippen LogP contribution in [-0.4, -0.2) is 25.9 Å². The van der Waals surface area contributed by atoms with Crippen LogP contribution < -0.4 is 20.1 Å². The molecule has 0 heterocycles. The summed E-state index contributed by atoms with van der Waals surface area (Å²) in [6.45, 7) is 0.679. The molecule has 5 heteroatoms. The summed E-state index contributed by atoms with van der Waals surface area (Å²) in [5, 5.41) is 7.20. The van der Waals surface area contributed by atoms with E-state index >= 15 is 0 Å². The van der Waals surface area contributed by atoms with Gasteiger partial charge in [0.25, 0.3) is 0 Å². The maximum absolute atomic E-state index is 5.56. The van der Waals surface area contributed by atoms with Crippen molar-refractivity contribution in [3.05, 3.63) is 126 Å². The molecule has 2 N–H and O–H groups in total. The number of methoxy groups -OCH3 is 2. The summed E-state index contributed by atoms with van der Waals surface area (Å²) in [6, 6.07) is 37.0. The Morgan fingerprint density at radius 1 is 0.639 bits per heavy atom. The van der Waals surface area contributed by atoms with E-state index in [1.54, 1.807) is 14.2 Å². The van der Waals surface area contributed by atoms with Gasteiger partial charge < -0.3 is 20.1 Å². The van der Waals surface area contributed by atoms with Crippen LogP contribution in [-0.2, 0) is 0 Å². The molecule has 0 saturated carbocycles. The van der Waals surface area contributed by atoms with Crippen LogP contribution in [0, 0.1) is 0 Å². The van der Waals surface area contributed by atoms with Gasteiger partial charge in [0.1, 0.15) is 11.5 Å². The molecular formula is C31H30N2O2S. The number of nitrogens with one attached hydrogen (secondary N) is 2. The fraction of sp³-hybridized carbons (Fsp3) is 0.129. The van der Waals surface area contributed by atoms with Crippen LogP contribution in [0.4, 0.5) is 5.69 Å². The third-order valence-electron chi connectivity index (χ3n) is 5.87. The topological polar surface area (TPSA) is 42.5 Å². The van der Waals surface area contributed by atoms with E-state index in [2.05, 4.69) is 71.3 Å². The molecule has 0 saturated heterocycles. The first-order valence-corrected chi connectivity index (χ1v) is 12.3. The third-order valence-corrected chi connectivity index (χ3v) is 6.12. The van der Waals surface area contributed by atoms with Crippen molar-refractivity contribution >= 4 is 34.2 Å². The van der Waals surface area contributed by atoms with E-state index in [-0.39, 0.29) is 0 Å². The maximum atomic E-state index is 5.56. The molecule has 0 unspecified atom stereocenters. The predicted molar refractivity (Wildman–Crippen MR) is 154 cm³/mol. The van der Waals surface area contributed by atoms with Gasteiger partial charge in [-0.05, 0) is 82.9 Å². The highest BCUT2D eigenvalue weighted by atomic mass is 32.1. The van der Waals surface area contributed by atoms with Gasteiger partial charge in [-0.2, -0.15) is 0 Å². The normalized spacial score (nSPS) is 11.3. The van der Waals surface area contributed by atoms with Gasteiger partial charge in [0.2, 0.25) is 0 Å². The first-order chi connectivity index (χ1) is 17.7. The van der Waals surface area contributed by atoms with Gasteiger partial charge in [0.05, 0.1) is 14.2 Å². The van der Waals surface area contributed by atoms with Crippen LogP contribution in [0.25, 0.3) is 11.1 Å². The Kier molecular flexibility index (Phi) is 8.73. The highest BCUT2D eigenvalue weighted by molar-refractivity contribution is 7.80. The van der Waals surface area contributed by atoms with Gasteiger partial charge in [-0.15, -0.1) is 0 Å². The van der Waals surface area contributed by atoms with Crippen molar-refractivity contribution in [2.45, 2.75) is 6.42 Å². The summed E-state index contributed by atoms with van der Waals surface area (Å²) in [5.41, 5.74) is 6.84. The Bertz CT molecular complexity index is 1290. The standard InChI is InChI=1S/C31H30N2O2S/c1-34-27-17-13-25(14-18-27)30(24-11-7-4-8-12-24)29(23-9-5-3-6-10-23)21-22-32-31(36)33-26-15-19-28(35-2)20-16-26/h3-20H,21-22H2,1-2H3,(H2,32,33,36)/b30-29-. The lowest BCUT2D eigenvalue weighted by Gasteiger charge is -2.19. The monoisotopic (exact) mass is 494 g/mol. The largest absolute Gasteiger partial charge is 0.497 e. The van der Waals surface area contributed by atoms with Gasteiger partial charge in [0.15, 0.2) is 5.11 Å². The highest BCUT2D eigenvalue weighted by Crippen LogP contribution is 2.35.